The molecule has 0 bridgehead atoms. The highest BCUT2D eigenvalue weighted by Gasteiger charge is 2.38. The Morgan fingerprint density at radius 3 is 2.37 bits per heavy atom. The molecule has 0 unspecified atom stereocenters. The number of rotatable bonds is 3. The van der Waals surface area contributed by atoms with Crippen LogP contribution in [-0.4, -0.2) is 16.2 Å². The van der Waals surface area contributed by atoms with Crippen molar-refractivity contribution in [1.82, 2.24) is 9.97 Å². The van der Waals surface area contributed by atoms with Crippen LogP contribution in [-0.2, 0) is 5.41 Å². The molecule has 1 saturated carbocycles. The lowest BCUT2D eigenvalue weighted by atomic mass is 9.97. The standard InChI is InChI=1S/C16H18N2S/c1-11-14(19-3)10-17-15(18-11)12-4-6-13(7-5-12)16(2)8-9-16/h4-7,10H,8-9H2,1-3H3. The van der Waals surface area contributed by atoms with E-state index in [1.807, 2.05) is 13.1 Å². The van der Waals surface area contributed by atoms with Gasteiger partial charge in [-0.15, -0.1) is 11.8 Å². The molecular weight excluding hydrogens is 252 g/mol. The minimum absolute atomic E-state index is 0.429. The molecule has 2 aromatic rings. The molecule has 1 fully saturated rings. The van der Waals surface area contributed by atoms with E-state index in [9.17, 15) is 0 Å². The van der Waals surface area contributed by atoms with Gasteiger partial charge >= 0.3 is 0 Å². The van der Waals surface area contributed by atoms with Crippen LogP contribution < -0.4 is 0 Å². The third-order valence-corrected chi connectivity index (χ3v) is 4.83. The van der Waals surface area contributed by atoms with E-state index in [0.29, 0.717) is 5.41 Å². The van der Waals surface area contributed by atoms with E-state index in [0.717, 1.165) is 22.0 Å². The lowest BCUT2D eigenvalue weighted by Crippen LogP contribution is -1.99. The van der Waals surface area contributed by atoms with E-state index < -0.39 is 0 Å². The Morgan fingerprint density at radius 1 is 1.16 bits per heavy atom. The molecular formula is C16H18N2S. The third-order valence-electron chi connectivity index (χ3n) is 3.99. The summed E-state index contributed by atoms with van der Waals surface area (Å²) in [5.74, 6) is 0.822. The second-order valence-electron chi connectivity index (χ2n) is 5.49. The molecule has 0 N–H and O–H groups in total. The smallest absolute Gasteiger partial charge is 0.159 e. The second kappa shape index (κ2) is 4.64. The molecule has 1 heterocycles. The van der Waals surface area contributed by atoms with Crippen molar-refractivity contribution >= 4 is 11.8 Å². The first-order valence-corrected chi connectivity index (χ1v) is 7.83. The van der Waals surface area contributed by atoms with Crippen LogP contribution in [0.15, 0.2) is 35.4 Å². The van der Waals surface area contributed by atoms with E-state index >= 15 is 0 Å². The number of nitrogens with zero attached hydrogens (tertiary/aromatic N) is 2. The molecule has 1 aliphatic rings. The molecule has 0 aliphatic heterocycles. The zero-order valence-electron chi connectivity index (χ0n) is 11.6. The first-order chi connectivity index (χ1) is 9.12. The summed E-state index contributed by atoms with van der Waals surface area (Å²) in [6, 6.07) is 8.74. The number of thioether (sulfide) groups is 1. The summed E-state index contributed by atoms with van der Waals surface area (Å²) >= 11 is 1.69. The maximum absolute atomic E-state index is 4.59. The Labute approximate surface area is 118 Å². The molecule has 0 atom stereocenters. The fourth-order valence-electron chi connectivity index (χ4n) is 2.29. The number of aryl methyl sites for hydroxylation is 1. The van der Waals surface area contributed by atoms with Crippen LogP contribution in [0, 0.1) is 6.92 Å². The highest BCUT2D eigenvalue weighted by atomic mass is 32.2. The number of hydrogen-bond donors (Lipinski definition) is 0. The zero-order chi connectivity index (χ0) is 13.5. The minimum atomic E-state index is 0.429. The summed E-state index contributed by atoms with van der Waals surface area (Å²) < 4.78 is 0. The molecule has 1 aromatic heterocycles. The molecule has 0 radical (unpaired) electrons. The average Bonchev–Trinajstić information content (AvgIpc) is 3.18. The fourth-order valence-corrected chi connectivity index (χ4v) is 2.79. The third kappa shape index (κ3) is 2.39. The highest BCUT2D eigenvalue weighted by Crippen LogP contribution is 2.47. The lowest BCUT2D eigenvalue weighted by molar-refractivity contribution is 0.788. The molecule has 19 heavy (non-hydrogen) atoms. The molecule has 0 spiro atoms. The van der Waals surface area contributed by atoms with Crippen molar-refractivity contribution < 1.29 is 0 Å². The SMILES string of the molecule is CSc1cnc(-c2ccc(C3(C)CC3)cc2)nc1C. The van der Waals surface area contributed by atoms with Crippen LogP contribution in [0.25, 0.3) is 11.4 Å². The monoisotopic (exact) mass is 270 g/mol. The topological polar surface area (TPSA) is 25.8 Å². The van der Waals surface area contributed by atoms with Crippen LogP contribution in [0.3, 0.4) is 0 Å². The summed E-state index contributed by atoms with van der Waals surface area (Å²) in [5.41, 5.74) is 4.02. The van der Waals surface area contributed by atoms with Gasteiger partial charge in [0.1, 0.15) is 0 Å². The maximum atomic E-state index is 4.59. The van der Waals surface area contributed by atoms with Crippen LogP contribution in [0.1, 0.15) is 31.0 Å². The Hall–Kier alpha value is -1.35. The van der Waals surface area contributed by atoms with Crippen molar-refractivity contribution in [3.8, 4) is 11.4 Å². The Bertz CT molecular complexity index is 601. The normalized spacial score (nSPS) is 16.4. The zero-order valence-corrected chi connectivity index (χ0v) is 12.4. The van der Waals surface area contributed by atoms with Gasteiger partial charge in [-0.2, -0.15) is 0 Å². The number of benzene rings is 1. The summed E-state index contributed by atoms with van der Waals surface area (Å²) in [7, 11) is 0. The maximum Gasteiger partial charge on any atom is 0.159 e. The lowest BCUT2D eigenvalue weighted by Gasteiger charge is -2.10. The van der Waals surface area contributed by atoms with E-state index in [1.165, 1.54) is 18.4 Å². The first kappa shape index (κ1) is 12.7. The Balaban J connectivity index is 1.91. The van der Waals surface area contributed by atoms with Gasteiger partial charge in [-0.1, -0.05) is 31.2 Å². The molecule has 0 saturated heterocycles. The fraction of sp³-hybridized carbons (Fsp3) is 0.375. The molecule has 1 aromatic carbocycles. The van der Waals surface area contributed by atoms with Crippen LogP contribution in [0.5, 0.6) is 0 Å². The van der Waals surface area contributed by atoms with E-state index in [2.05, 4.69) is 47.4 Å². The second-order valence-corrected chi connectivity index (χ2v) is 6.33. The summed E-state index contributed by atoms with van der Waals surface area (Å²) in [6.45, 7) is 4.37. The van der Waals surface area contributed by atoms with Gasteiger partial charge in [-0.05, 0) is 37.0 Å². The van der Waals surface area contributed by atoms with Crippen molar-refractivity contribution in [2.75, 3.05) is 6.26 Å². The Kier molecular flexibility index (Phi) is 3.09. The van der Waals surface area contributed by atoms with Crippen molar-refractivity contribution in [2.45, 2.75) is 37.0 Å². The largest absolute Gasteiger partial charge is 0.235 e. The van der Waals surface area contributed by atoms with Crippen molar-refractivity contribution in [3.63, 3.8) is 0 Å². The van der Waals surface area contributed by atoms with Gasteiger partial charge in [0, 0.05) is 16.7 Å². The highest BCUT2D eigenvalue weighted by molar-refractivity contribution is 7.98. The van der Waals surface area contributed by atoms with Gasteiger partial charge in [0.05, 0.1) is 5.69 Å². The minimum Gasteiger partial charge on any atom is -0.235 e. The summed E-state index contributed by atoms with van der Waals surface area (Å²) in [5, 5.41) is 0. The van der Waals surface area contributed by atoms with Crippen molar-refractivity contribution in [1.29, 1.82) is 0 Å². The van der Waals surface area contributed by atoms with E-state index in [-0.39, 0.29) is 0 Å². The van der Waals surface area contributed by atoms with Gasteiger partial charge in [0.2, 0.25) is 0 Å². The predicted octanol–water partition coefficient (Wildman–Crippen LogP) is 4.23. The molecule has 0 amide bonds. The Morgan fingerprint density at radius 2 is 1.84 bits per heavy atom. The van der Waals surface area contributed by atoms with Crippen LogP contribution in [0.2, 0.25) is 0 Å². The van der Waals surface area contributed by atoms with Gasteiger partial charge in [0.25, 0.3) is 0 Å². The predicted molar refractivity (Wildman–Crippen MR) is 80.6 cm³/mol. The quantitative estimate of drug-likeness (QED) is 0.781. The van der Waals surface area contributed by atoms with Gasteiger partial charge in [-0.3, -0.25) is 0 Å². The first-order valence-electron chi connectivity index (χ1n) is 6.61. The molecule has 2 nitrogen and oxygen atoms in total. The number of hydrogen-bond acceptors (Lipinski definition) is 3. The van der Waals surface area contributed by atoms with Crippen LogP contribution >= 0.6 is 11.8 Å². The molecule has 3 rings (SSSR count). The van der Waals surface area contributed by atoms with Gasteiger partial charge in [-0.25, -0.2) is 9.97 Å². The van der Waals surface area contributed by atoms with Gasteiger partial charge < -0.3 is 0 Å². The van der Waals surface area contributed by atoms with Gasteiger partial charge in [0.15, 0.2) is 5.82 Å². The summed E-state index contributed by atoms with van der Waals surface area (Å²) in [6.07, 6.45) is 6.59. The van der Waals surface area contributed by atoms with Crippen LogP contribution in [0.4, 0.5) is 0 Å². The van der Waals surface area contributed by atoms with Crippen molar-refractivity contribution in [3.05, 3.63) is 41.7 Å². The average molecular weight is 270 g/mol. The van der Waals surface area contributed by atoms with E-state index in [4.69, 9.17) is 0 Å². The van der Waals surface area contributed by atoms with Crippen molar-refractivity contribution in [2.24, 2.45) is 0 Å². The molecule has 3 heteroatoms. The van der Waals surface area contributed by atoms with E-state index in [1.54, 1.807) is 11.8 Å². The number of aromatic nitrogens is 2. The molecule has 1 aliphatic carbocycles. The molecule has 98 valence electrons. The summed E-state index contributed by atoms with van der Waals surface area (Å²) in [4.78, 5) is 10.2.